The van der Waals surface area contributed by atoms with Gasteiger partial charge in [0, 0.05) is 31.2 Å². The topological polar surface area (TPSA) is 71.4 Å². The third-order valence-electron chi connectivity index (χ3n) is 5.39. The van der Waals surface area contributed by atoms with Crippen LogP contribution in [0.2, 0.25) is 0 Å². The molecule has 3 aromatic heterocycles. The standard InChI is InChI=1S/C22H23N5O2/c1-26(2)20-10-9-16(13-23-20)21-24-22(29-25-21)18-7-5-11-27(18)14-17-12-15-6-3-4-8-19(15)28-17/h3-4,6,8-10,12-13,18H,5,7,11,14H2,1-2H3. The Morgan fingerprint density at radius 2 is 2.07 bits per heavy atom. The molecule has 1 unspecified atom stereocenters. The zero-order chi connectivity index (χ0) is 19.8. The van der Waals surface area contributed by atoms with Crippen LogP contribution in [0, 0.1) is 0 Å². The summed E-state index contributed by atoms with van der Waals surface area (Å²) in [7, 11) is 3.93. The lowest BCUT2D eigenvalue weighted by atomic mass is 10.2. The quantitative estimate of drug-likeness (QED) is 0.504. The van der Waals surface area contributed by atoms with E-state index in [2.05, 4.69) is 32.2 Å². The lowest BCUT2D eigenvalue weighted by Gasteiger charge is -2.19. The third kappa shape index (κ3) is 3.49. The van der Waals surface area contributed by atoms with Crippen molar-refractivity contribution in [1.82, 2.24) is 20.0 Å². The zero-order valence-electron chi connectivity index (χ0n) is 16.6. The second-order valence-corrected chi connectivity index (χ2v) is 7.63. The molecule has 0 saturated carbocycles. The predicted octanol–water partition coefficient (Wildman–Crippen LogP) is 4.28. The minimum Gasteiger partial charge on any atom is -0.460 e. The van der Waals surface area contributed by atoms with Crippen LogP contribution in [0.25, 0.3) is 22.4 Å². The first-order chi connectivity index (χ1) is 14.2. The molecule has 0 spiro atoms. The van der Waals surface area contributed by atoms with Crippen molar-refractivity contribution in [3.05, 3.63) is 60.3 Å². The van der Waals surface area contributed by atoms with Gasteiger partial charge in [0.2, 0.25) is 11.7 Å². The molecule has 5 rings (SSSR count). The summed E-state index contributed by atoms with van der Waals surface area (Å²) in [5.74, 6) is 3.09. The maximum Gasteiger partial charge on any atom is 0.244 e. The van der Waals surface area contributed by atoms with Gasteiger partial charge in [-0.25, -0.2) is 4.98 Å². The zero-order valence-corrected chi connectivity index (χ0v) is 16.6. The molecule has 1 atom stereocenters. The summed E-state index contributed by atoms with van der Waals surface area (Å²) in [5, 5.41) is 5.32. The number of aromatic nitrogens is 3. The van der Waals surface area contributed by atoms with E-state index in [4.69, 9.17) is 8.94 Å². The van der Waals surface area contributed by atoms with Gasteiger partial charge in [-0.15, -0.1) is 0 Å². The van der Waals surface area contributed by atoms with Crippen molar-refractivity contribution < 1.29 is 8.94 Å². The molecule has 0 N–H and O–H groups in total. The second-order valence-electron chi connectivity index (χ2n) is 7.63. The molecule has 1 aromatic carbocycles. The van der Waals surface area contributed by atoms with Gasteiger partial charge in [0.1, 0.15) is 17.2 Å². The summed E-state index contributed by atoms with van der Waals surface area (Å²) >= 11 is 0. The van der Waals surface area contributed by atoms with E-state index in [1.54, 1.807) is 6.20 Å². The monoisotopic (exact) mass is 389 g/mol. The van der Waals surface area contributed by atoms with E-state index in [1.807, 2.05) is 49.3 Å². The van der Waals surface area contributed by atoms with E-state index in [-0.39, 0.29) is 6.04 Å². The Morgan fingerprint density at radius 3 is 2.86 bits per heavy atom. The highest BCUT2D eigenvalue weighted by Gasteiger charge is 2.31. The number of pyridine rings is 1. The number of benzene rings is 1. The fourth-order valence-corrected chi connectivity index (χ4v) is 3.88. The first-order valence-corrected chi connectivity index (χ1v) is 9.86. The Kier molecular flexibility index (Phi) is 4.52. The maximum absolute atomic E-state index is 6.00. The molecule has 1 aliphatic rings. The highest BCUT2D eigenvalue weighted by atomic mass is 16.5. The molecule has 4 heterocycles. The Balaban J connectivity index is 1.34. The average molecular weight is 389 g/mol. The minimum atomic E-state index is 0.110. The van der Waals surface area contributed by atoms with Crippen molar-refractivity contribution >= 4 is 16.8 Å². The van der Waals surface area contributed by atoms with Gasteiger partial charge in [-0.1, -0.05) is 23.4 Å². The van der Waals surface area contributed by atoms with E-state index in [9.17, 15) is 0 Å². The van der Waals surface area contributed by atoms with E-state index < -0.39 is 0 Å². The van der Waals surface area contributed by atoms with Gasteiger partial charge < -0.3 is 13.8 Å². The van der Waals surface area contributed by atoms with Crippen LogP contribution in [0.15, 0.2) is 57.6 Å². The molecule has 0 aliphatic carbocycles. The Hall–Kier alpha value is -3.19. The molecule has 4 aromatic rings. The molecule has 0 radical (unpaired) electrons. The molecule has 148 valence electrons. The van der Waals surface area contributed by atoms with Crippen molar-refractivity contribution in [3.8, 4) is 11.4 Å². The largest absolute Gasteiger partial charge is 0.460 e. The van der Waals surface area contributed by atoms with E-state index in [1.165, 1.54) is 0 Å². The van der Waals surface area contributed by atoms with Crippen LogP contribution < -0.4 is 4.90 Å². The Morgan fingerprint density at radius 1 is 1.17 bits per heavy atom. The molecule has 7 heteroatoms. The van der Waals surface area contributed by atoms with Gasteiger partial charge in [-0.3, -0.25) is 4.90 Å². The van der Waals surface area contributed by atoms with Gasteiger partial charge in [-0.2, -0.15) is 4.98 Å². The first-order valence-electron chi connectivity index (χ1n) is 9.86. The normalized spacial score (nSPS) is 17.2. The first kappa shape index (κ1) is 17.9. The number of nitrogens with zero attached hydrogens (tertiary/aromatic N) is 5. The average Bonchev–Trinajstić information content (AvgIpc) is 3.47. The number of para-hydroxylation sites is 1. The number of hydrogen-bond donors (Lipinski definition) is 0. The molecule has 29 heavy (non-hydrogen) atoms. The summed E-state index contributed by atoms with van der Waals surface area (Å²) in [4.78, 5) is 13.4. The highest BCUT2D eigenvalue weighted by Crippen LogP contribution is 2.34. The van der Waals surface area contributed by atoms with Gasteiger partial charge in [0.05, 0.1) is 12.6 Å². The van der Waals surface area contributed by atoms with Crippen LogP contribution in [0.4, 0.5) is 5.82 Å². The van der Waals surface area contributed by atoms with Crippen molar-refractivity contribution in [2.75, 3.05) is 25.5 Å². The second kappa shape index (κ2) is 7.33. The van der Waals surface area contributed by atoms with Crippen LogP contribution in [-0.4, -0.2) is 40.7 Å². The molecule has 0 amide bonds. The SMILES string of the molecule is CN(C)c1ccc(-c2noc(C3CCCN3Cc3cc4ccccc4o3)n2)cn1. The van der Waals surface area contributed by atoms with Gasteiger partial charge in [0.25, 0.3) is 0 Å². The summed E-state index contributed by atoms with van der Waals surface area (Å²) in [6.07, 6.45) is 3.88. The molecule has 0 bridgehead atoms. The predicted molar refractivity (Wildman–Crippen MR) is 110 cm³/mol. The number of rotatable bonds is 5. The molecule has 1 fully saturated rings. The van der Waals surface area contributed by atoms with Gasteiger partial charge in [0.15, 0.2) is 0 Å². The fourth-order valence-electron chi connectivity index (χ4n) is 3.88. The lowest BCUT2D eigenvalue weighted by molar-refractivity contribution is 0.190. The number of anilines is 1. The molecular weight excluding hydrogens is 366 g/mol. The van der Waals surface area contributed by atoms with Crippen LogP contribution in [0.3, 0.4) is 0 Å². The van der Waals surface area contributed by atoms with Crippen LogP contribution in [0.1, 0.15) is 30.5 Å². The fraction of sp³-hybridized carbons (Fsp3) is 0.318. The summed E-state index contributed by atoms with van der Waals surface area (Å²) in [6, 6.07) is 14.2. The van der Waals surface area contributed by atoms with E-state index in [0.29, 0.717) is 11.7 Å². The van der Waals surface area contributed by atoms with E-state index >= 15 is 0 Å². The van der Waals surface area contributed by atoms with Crippen molar-refractivity contribution in [1.29, 1.82) is 0 Å². The van der Waals surface area contributed by atoms with Crippen molar-refractivity contribution in [3.63, 3.8) is 0 Å². The molecule has 1 saturated heterocycles. The van der Waals surface area contributed by atoms with Crippen LogP contribution in [0.5, 0.6) is 0 Å². The van der Waals surface area contributed by atoms with Crippen molar-refractivity contribution in [2.24, 2.45) is 0 Å². The minimum absolute atomic E-state index is 0.110. The number of fused-ring (bicyclic) bond motifs is 1. The maximum atomic E-state index is 6.00. The van der Waals surface area contributed by atoms with Crippen molar-refractivity contribution in [2.45, 2.75) is 25.4 Å². The van der Waals surface area contributed by atoms with Crippen LogP contribution in [-0.2, 0) is 6.54 Å². The summed E-state index contributed by atoms with van der Waals surface area (Å²) in [5.41, 5.74) is 1.78. The summed E-state index contributed by atoms with van der Waals surface area (Å²) < 4.78 is 11.6. The van der Waals surface area contributed by atoms with E-state index in [0.717, 1.165) is 54.0 Å². The smallest absolute Gasteiger partial charge is 0.244 e. The van der Waals surface area contributed by atoms with Gasteiger partial charge >= 0.3 is 0 Å². The Bertz CT molecular complexity index is 1080. The van der Waals surface area contributed by atoms with Gasteiger partial charge in [-0.05, 0) is 43.7 Å². The third-order valence-corrected chi connectivity index (χ3v) is 5.39. The number of hydrogen-bond acceptors (Lipinski definition) is 7. The van der Waals surface area contributed by atoms with Crippen LogP contribution >= 0.6 is 0 Å². The number of furan rings is 1. The summed E-state index contributed by atoms with van der Waals surface area (Å²) in [6.45, 7) is 1.72. The highest BCUT2D eigenvalue weighted by molar-refractivity contribution is 5.77. The Labute approximate surface area is 168 Å². The molecular formula is C22H23N5O2. The molecule has 1 aliphatic heterocycles. The molecule has 7 nitrogen and oxygen atoms in total. The lowest BCUT2D eigenvalue weighted by Crippen LogP contribution is -2.22. The number of likely N-dealkylation sites (tertiary alicyclic amines) is 1.